The maximum Gasteiger partial charge on any atom is 0.340 e. The largest absolute Gasteiger partial charge is 0.481 e. The molecule has 0 radical (unpaired) electrons. The highest BCUT2D eigenvalue weighted by Crippen LogP contribution is 1.99. The van der Waals surface area contributed by atoms with Gasteiger partial charge in [-0.1, -0.05) is 6.58 Å². The van der Waals surface area contributed by atoms with Crippen LogP contribution in [0.2, 0.25) is 0 Å². The molecule has 0 aromatic carbocycles. The summed E-state index contributed by atoms with van der Waals surface area (Å²) < 4.78 is 4.38. The Balaban J connectivity index is 3.91. The maximum absolute atomic E-state index is 10.7. The highest BCUT2D eigenvalue weighted by atomic mass is 16.6. The summed E-state index contributed by atoms with van der Waals surface area (Å²) in [7, 11) is 0. The quantitative estimate of drug-likeness (QED) is 0.375. The van der Waals surface area contributed by atoms with Crippen molar-refractivity contribution in [2.75, 3.05) is 6.61 Å². The van der Waals surface area contributed by atoms with Crippen molar-refractivity contribution in [3.63, 3.8) is 0 Å². The van der Waals surface area contributed by atoms with Crippen molar-refractivity contribution in [3.05, 3.63) is 24.2 Å². The zero-order valence-electron chi connectivity index (χ0n) is 6.91. The summed E-state index contributed by atoms with van der Waals surface area (Å²) >= 11 is 0. The monoisotopic (exact) mass is 172 g/mol. The molecule has 12 heavy (non-hydrogen) atoms. The predicted octanol–water partition coefficient (Wildman–Crippen LogP) is 0.887. The van der Waals surface area contributed by atoms with E-state index in [-0.39, 0.29) is 18.6 Å². The van der Waals surface area contributed by atoms with Gasteiger partial charge >= 0.3 is 5.97 Å². The molecule has 0 unspecified atom stereocenters. The van der Waals surface area contributed by atoms with E-state index in [0.717, 1.165) is 0 Å². The second kappa shape index (κ2) is 5.37. The molecule has 0 saturated heterocycles. The van der Waals surface area contributed by atoms with Crippen LogP contribution in [0.1, 0.15) is 13.3 Å². The van der Waals surface area contributed by atoms with Crippen molar-refractivity contribution in [2.24, 2.45) is 0 Å². The molecule has 4 heteroatoms. The van der Waals surface area contributed by atoms with Crippen LogP contribution < -0.4 is 0 Å². The summed E-state index contributed by atoms with van der Waals surface area (Å²) in [5.41, 5.74) is 0.207. The van der Waals surface area contributed by atoms with Gasteiger partial charge < -0.3 is 14.9 Å². The van der Waals surface area contributed by atoms with E-state index in [2.05, 4.69) is 11.3 Å². The second-order valence-electron chi connectivity index (χ2n) is 2.22. The first-order valence-corrected chi connectivity index (χ1v) is 3.45. The average Bonchev–Trinajstić information content (AvgIpc) is 2.00. The van der Waals surface area contributed by atoms with Crippen LogP contribution >= 0.6 is 0 Å². The van der Waals surface area contributed by atoms with E-state index in [0.29, 0.717) is 0 Å². The molecule has 0 heterocycles. The van der Waals surface area contributed by atoms with Gasteiger partial charge in [-0.3, -0.25) is 0 Å². The van der Waals surface area contributed by atoms with Crippen LogP contribution in [0.3, 0.4) is 0 Å². The fourth-order valence-electron chi connectivity index (χ4n) is 0.412. The Morgan fingerprint density at radius 3 is 2.67 bits per heavy atom. The number of carbonyl (C=O) groups is 1. The zero-order valence-corrected chi connectivity index (χ0v) is 6.91. The number of hydrogen-bond acceptors (Lipinski definition) is 4. The molecule has 4 nitrogen and oxygen atoms in total. The number of aliphatic hydroxyl groups excluding tert-OH is 2. The van der Waals surface area contributed by atoms with Gasteiger partial charge in [0.15, 0.2) is 0 Å². The molecular weight excluding hydrogens is 160 g/mol. The first-order valence-electron chi connectivity index (χ1n) is 3.45. The van der Waals surface area contributed by atoms with Crippen molar-refractivity contribution < 1.29 is 19.7 Å². The highest BCUT2D eigenvalue weighted by molar-refractivity contribution is 5.87. The first-order chi connectivity index (χ1) is 5.57. The Hall–Kier alpha value is -1.29. The third-order valence-corrected chi connectivity index (χ3v) is 0.994. The van der Waals surface area contributed by atoms with Crippen molar-refractivity contribution in [1.29, 1.82) is 0 Å². The molecular formula is C8H12O4. The van der Waals surface area contributed by atoms with E-state index in [1.165, 1.54) is 13.0 Å². The zero-order chi connectivity index (χ0) is 9.56. The van der Waals surface area contributed by atoms with Crippen LogP contribution in [0.4, 0.5) is 0 Å². The van der Waals surface area contributed by atoms with Gasteiger partial charge in [0, 0.05) is 12.2 Å². The van der Waals surface area contributed by atoms with E-state index < -0.39 is 11.9 Å². The molecule has 0 amide bonds. The van der Waals surface area contributed by atoms with Crippen molar-refractivity contribution >= 4 is 5.97 Å². The average molecular weight is 172 g/mol. The van der Waals surface area contributed by atoms with Crippen LogP contribution in [0.25, 0.3) is 0 Å². The van der Waals surface area contributed by atoms with Gasteiger partial charge in [0.25, 0.3) is 5.95 Å². The summed E-state index contributed by atoms with van der Waals surface area (Å²) in [5.74, 6) is -1.18. The number of aliphatic hydroxyl groups is 2. The number of carbonyl (C=O) groups excluding carboxylic acids is 1. The minimum Gasteiger partial charge on any atom is -0.481 e. The van der Waals surface area contributed by atoms with Crippen molar-refractivity contribution in [2.45, 2.75) is 13.3 Å². The molecule has 2 N–H and O–H groups in total. The first kappa shape index (κ1) is 10.7. The molecule has 0 fully saturated rings. The third-order valence-electron chi connectivity index (χ3n) is 0.994. The molecule has 68 valence electrons. The van der Waals surface area contributed by atoms with Crippen molar-refractivity contribution in [3.8, 4) is 0 Å². The predicted molar refractivity (Wildman–Crippen MR) is 43.3 cm³/mol. The molecule has 0 aromatic rings. The normalized spacial score (nSPS) is 11.0. The molecule has 0 aromatic heterocycles. The Morgan fingerprint density at radius 2 is 2.25 bits per heavy atom. The lowest BCUT2D eigenvalue weighted by Gasteiger charge is -2.00. The number of hydrogen-bond donors (Lipinski definition) is 2. The minimum atomic E-state index is -0.679. The SMILES string of the molecule is C=C(C)C(=O)O/C(O)=C\CCO. The fraction of sp³-hybridized carbons (Fsp3) is 0.375. The van der Waals surface area contributed by atoms with Gasteiger partial charge in [-0.05, 0) is 19.4 Å². The smallest absolute Gasteiger partial charge is 0.340 e. The van der Waals surface area contributed by atoms with E-state index in [1.807, 2.05) is 0 Å². The number of rotatable bonds is 4. The Labute approximate surface area is 70.8 Å². The van der Waals surface area contributed by atoms with Gasteiger partial charge in [-0.25, -0.2) is 4.79 Å². The molecule has 0 aliphatic rings. The van der Waals surface area contributed by atoms with Gasteiger partial charge in [0.2, 0.25) is 0 Å². The Morgan fingerprint density at radius 1 is 1.67 bits per heavy atom. The Bertz CT molecular complexity index is 205. The summed E-state index contributed by atoms with van der Waals surface area (Å²) in [6.45, 7) is 4.70. The molecule has 0 spiro atoms. The summed E-state index contributed by atoms with van der Waals surface area (Å²) in [6, 6.07) is 0. The lowest BCUT2D eigenvalue weighted by Crippen LogP contribution is -2.04. The molecule has 0 aliphatic heterocycles. The Kier molecular flexibility index (Phi) is 4.79. The highest BCUT2D eigenvalue weighted by Gasteiger charge is 2.04. The topological polar surface area (TPSA) is 66.8 Å². The number of esters is 1. The summed E-state index contributed by atoms with van der Waals surface area (Å²) in [6.07, 6.45) is 1.45. The van der Waals surface area contributed by atoms with Gasteiger partial charge in [-0.2, -0.15) is 0 Å². The van der Waals surface area contributed by atoms with Gasteiger partial charge in [0.1, 0.15) is 0 Å². The standard InChI is InChI=1S/C8H12O4/c1-6(2)8(11)12-7(10)4-3-5-9/h4,9-10H,1,3,5H2,2H3/b7-4-. The third kappa shape index (κ3) is 4.51. The number of ether oxygens (including phenoxy) is 1. The van der Waals surface area contributed by atoms with E-state index in [4.69, 9.17) is 10.2 Å². The lowest BCUT2D eigenvalue weighted by atomic mass is 10.4. The van der Waals surface area contributed by atoms with Crippen LogP contribution in [0, 0.1) is 0 Å². The second-order valence-corrected chi connectivity index (χ2v) is 2.22. The maximum atomic E-state index is 10.7. The van der Waals surface area contributed by atoms with E-state index >= 15 is 0 Å². The summed E-state index contributed by atoms with van der Waals surface area (Å²) in [5, 5.41) is 17.2. The molecule has 0 saturated carbocycles. The van der Waals surface area contributed by atoms with Crippen LogP contribution in [0.5, 0.6) is 0 Å². The van der Waals surface area contributed by atoms with Gasteiger partial charge in [-0.15, -0.1) is 0 Å². The summed E-state index contributed by atoms with van der Waals surface area (Å²) in [4.78, 5) is 10.7. The fourth-order valence-corrected chi connectivity index (χ4v) is 0.412. The van der Waals surface area contributed by atoms with E-state index in [1.54, 1.807) is 0 Å². The van der Waals surface area contributed by atoms with Crippen molar-refractivity contribution in [1.82, 2.24) is 0 Å². The van der Waals surface area contributed by atoms with Crippen LogP contribution in [0.15, 0.2) is 24.2 Å². The molecule has 0 bridgehead atoms. The van der Waals surface area contributed by atoms with E-state index in [9.17, 15) is 4.79 Å². The minimum absolute atomic E-state index is 0.102. The molecule has 0 rings (SSSR count). The van der Waals surface area contributed by atoms with Crippen LogP contribution in [-0.4, -0.2) is 22.8 Å². The molecule has 0 atom stereocenters. The van der Waals surface area contributed by atoms with Crippen LogP contribution in [-0.2, 0) is 9.53 Å². The lowest BCUT2D eigenvalue weighted by molar-refractivity contribution is -0.138. The molecule has 0 aliphatic carbocycles. The van der Waals surface area contributed by atoms with Gasteiger partial charge in [0.05, 0.1) is 0 Å².